The van der Waals surface area contributed by atoms with Crippen LogP contribution in [-0.2, 0) is 12.6 Å². The number of hydrogen-bond donors (Lipinski definition) is 0. The van der Waals surface area contributed by atoms with E-state index in [0.717, 1.165) is 18.9 Å². The van der Waals surface area contributed by atoms with Gasteiger partial charge in [0.2, 0.25) is 0 Å². The maximum Gasteiger partial charge on any atom is 0.417 e. The van der Waals surface area contributed by atoms with Crippen LogP contribution in [0.1, 0.15) is 31.1 Å². The van der Waals surface area contributed by atoms with Crippen molar-refractivity contribution >= 4 is 10.8 Å². The molecule has 0 spiro atoms. The van der Waals surface area contributed by atoms with Gasteiger partial charge in [-0.15, -0.1) is 0 Å². The van der Waals surface area contributed by atoms with Crippen LogP contribution in [0.25, 0.3) is 10.8 Å². The Morgan fingerprint density at radius 2 is 1.94 bits per heavy atom. The molecule has 0 unspecified atom stereocenters. The van der Waals surface area contributed by atoms with Gasteiger partial charge in [0, 0.05) is 17.2 Å². The summed E-state index contributed by atoms with van der Waals surface area (Å²) in [5.74, 6) is 0.646. The smallest absolute Gasteiger partial charge is 0.417 e. The van der Waals surface area contributed by atoms with Crippen LogP contribution < -0.4 is 0 Å². The van der Waals surface area contributed by atoms with Crippen molar-refractivity contribution in [3.63, 3.8) is 0 Å². The largest absolute Gasteiger partial charge is 0.468 e. The highest BCUT2D eigenvalue weighted by Gasteiger charge is 2.33. The van der Waals surface area contributed by atoms with Crippen molar-refractivity contribution in [3.8, 4) is 0 Å². The minimum Gasteiger partial charge on any atom is -0.468 e. The van der Waals surface area contributed by atoms with E-state index in [1.807, 2.05) is 6.92 Å². The van der Waals surface area contributed by atoms with Crippen LogP contribution in [0, 0.1) is 0 Å². The lowest BCUT2D eigenvalue weighted by molar-refractivity contribution is -0.136. The molecule has 92 valence electrons. The van der Waals surface area contributed by atoms with Crippen LogP contribution in [0.15, 0.2) is 28.9 Å². The highest BCUT2D eigenvalue weighted by atomic mass is 19.4. The summed E-state index contributed by atoms with van der Waals surface area (Å²) in [6, 6.07) is 4.19. The summed E-state index contributed by atoms with van der Waals surface area (Å²) in [7, 11) is 0. The topological polar surface area (TPSA) is 13.1 Å². The number of unbranched alkanes of at least 4 members (excludes halogenated alkanes) is 1. The zero-order valence-corrected chi connectivity index (χ0v) is 9.47. The Morgan fingerprint density at radius 1 is 1.18 bits per heavy atom. The summed E-state index contributed by atoms with van der Waals surface area (Å²) in [6.45, 7) is 2.03. The van der Waals surface area contributed by atoms with Crippen molar-refractivity contribution in [1.82, 2.24) is 0 Å². The number of rotatable bonds is 3. The van der Waals surface area contributed by atoms with Crippen molar-refractivity contribution in [2.45, 2.75) is 32.4 Å². The number of furan rings is 1. The Balaban J connectivity index is 2.49. The fourth-order valence-corrected chi connectivity index (χ4v) is 1.91. The minimum atomic E-state index is -4.33. The first-order valence-electron chi connectivity index (χ1n) is 5.60. The molecule has 1 nitrogen and oxygen atoms in total. The standard InChI is InChI=1S/C13H13F3O/c1-2-3-7-12-9-5-4-6-11(13(14,15)16)10(9)8-17-12/h4-6,8H,2-3,7H2,1H3. The van der Waals surface area contributed by atoms with Gasteiger partial charge < -0.3 is 4.42 Å². The molecule has 0 saturated carbocycles. The van der Waals surface area contributed by atoms with Crippen molar-refractivity contribution in [1.29, 1.82) is 0 Å². The molecular weight excluding hydrogens is 229 g/mol. The average Bonchev–Trinajstić information content (AvgIpc) is 2.67. The zero-order valence-electron chi connectivity index (χ0n) is 9.47. The highest BCUT2D eigenvalue weighted by Crippen LogP contribution is 2.36. The molecule has 1 aromatic heterocycles. The van der Waals surface area contributed by atoms with E-state index >= 15 is 0 Å². The molecule has 0 bridgehead atoms. The van der Waals surface area contributed by atoms with Gasteiger partial charge in [-0.1, -0.05) is 25.5 Å². The zero-order chi connectivity index (χ0) is 12.5. The van der Waals surface area contributed by atoms with E-state index < -0.39 is 11.7 Å². The van der Waals surface area contributed by atoms with E-state index in [0.29, 0.717) is 17.6 Å². The van der Waals surface area contributed by atoms with Crippen LogP contribution in [0.2, 0.25) is 0 Å². The van der Waals surface area contributed by atoms with Gasteiger partial charge in [0.15, 0.2) is 0 Å². The summed E-state index contributed by atoms with van der Waals surface area (Å²) in [4.78, 5) is 0. The van der Waals surface area contributed by atoms with Crippen LogP contribution >= 0.6 is 0 Å². The molecule has 0 N–H and O–H groups in total. The molecular formula is C13H13F3O. The molecule has 0 amide bonds. The van der Waals surface area contributed by atoms with Gasteiger partial charge in [-0.25, -0.2) is 0 Å². The molecule has 0 aliphatic rings. The Hall–Kier alpha value is -1.45. The van der Waals surface area contributed by atoms with E-state index in [-0.39, 0.29) is 5.39 Å². The lowest BCUT2D eigenvalue weighted by Crippen LogP contribution is -2.04. The second-order valence-corrected chi connectivity index (χ2v) is 4.03. The SMILES string of the molecule is CCCCc1occ2c(C(F)(F)F)cccc12. The van der Waals surface area contributed by atoms with Crippen molar-refractivity contribution < 1.29 is 17.6 Å². The molecule has 0 aliphatic carbocycles. The maximum atomic E-state index is 12.7. The van der Waals surface area contributed by atoms with E-state index in [1.165, 1.54) is 12.3 Å². The molecule has 2 aromatic rings. The van der Waals surface area contributed by atoms with Gasteiger partial charge in [-0.05, 0) is 12.5 Å². The van der Waals surface area contributed by atoms with Crippen LogP contribution in [0.4, 0.5) is 13.2 Å². The quantitative estimate of drug-likeness (QED) is 0.753. The lowest BCUT2D eigenvalue weighted by atomic mass is 10.1. The normalized spacial score (nSPS) is 12.2. The van der Waals surface area contributed by atoms with Crippen LogP contribution in [0.5, 0.6) is 0 Å². The van der Waals surface area contributed by atoms with E-state index in [9.17, 15) is 13.2 Å². The number of aryl methyl sites for hydroxylation is 1. The Morgan fingerprint density at radius 3 is 2.59 bits per heavy atom. The molecule has 2 rings (SSSR count). The summed E-state index contributed by atoms with van der Waals surface area (Å²) in [5, 5.41) is 0.736. The molecule has 0 saturated heterocycles. The first kappa shape index (κ1) is 12.0. The van der Waals surface area contributed by atoms with Crippen LogP contribution in [0.3, 0.4) is 0 Å². The van der Waals surface area contributed by atoms with Crippen LogP contribution in [-0.4, -0.2) is 0 Å². The fraction of sp³-hybridized carbons (Fsp3) is 0.385. The molecule has 0 fully saturated rings. The second-order valence-electron chi connectivity index (χ2n) is 4.03. The summed E-state index contributed by atoms with van der Waals surface area (Å²) >= 11 is 0. The number of fused-ring (bicyclic) bond motifs is 1. The van der Waals surface area contributed by atoms with Crippen molar-refractivity contribution in [2.24, 2.45) is 0 Å². The van der Waals surface area contributed by atoms with Gasteiger partial charge in [-0.2, -0.15) is 13.2 Å². The first-order valence-corrected chi connectivity index (χ1v) is 5.60. The molecule has 1 heterocycles. The molecule has 4 heteroatoms. The van der Waals surface area contributed by atoms with Gasteiger partial charge in [0.05, 0.1) is 11.8 Å². The Bertz CT molecular complexity index is 511. The molecule has 0 atom stereocenters. The Kier molecular flexibility index (Phi) is 3.13. The number of hydrogen-bond acceptors (Lipinski definition) is 1. The second kappa shape index (κ2) is 4.43. The monoisotopic (exact) mass is 242 g/mol. The van der Waals surface area contributed by atoms with Gasteiger partial charge in [-0.3, -0.25) is 0 Å². The molecule has 1 aromatic carbocycles. The average molecular weight is 242 g/mol. The first-order chi connectivity index (χ1) is 8.04. The molecule has 17 heavy (non-hydrogen) atoms. The van der Waals surface area contributed by atoms with E-state index in [4.69, 9.17) is 4.42 Å². The maximum absolute atomic E-state index is 12.7. The predicted octanol–water partition coefficient (Wildman–Crippen LogP) is 4.79. The van der Waals surface area contributed by atoms with Gasteiger partial charge in [0.1, 0.15) is 5.76 Å². The summed E-state index contributed by atoms with van der Waals surface area (Å²) in [6.07, 6.45) is -0.532. The molecule has 0 aliphatic heterocycles. The lowest BCUT2D eigenvalue weighted by Gasteiger charge is -2.07. The number of alkyl halides is 3. The minimum absolute atomic E-state index is 0.158. The third kappa shape index (κ3) is 2.30. The van der Waals surface area contributed by atoms with E-state index in [1.54, 1.807) is 6.07 Å². The summed E-state index contributed by atoms with van der Waals surface area (Å²) < 4.78 is 43.5. The van der Waals surface area contributed by atoms with Gasteiger partial charge >= 0.3 is 6.18 Å². The highest BCUT2D eigenvalue weighted by molar-refractivity contribution is 5.87. The number of benzene rings is 1. The van der Waals surface area contributed by atoms with E-state index in [2.05, 4.69) is 0 Å². The third-order valence-corrected chi connectivity index (χ3v) is 2.79. The third-order valence-electron chi connectivity index (χ3n) is 2.79. The molecule has 0 radical (unpaired) electrons. The predicted molar refractivity (Wildman–Crippen MR) is 59.8 cm³/mol. The van der Waals surface area contributed by atoms with Crippen molar-refractivity contribution in [2.75, 3.05) is 0 Å². The summed E-state index contributed by atoms with van der Waals surface area (Å²) in [5.41, 5.74) is -0.624. The number of halogens is 3. The Labute approximate surface area is 97.2 Å². The van der Waals surface area contributed by atoms with Gasteiger partial charge in [0.25, 0.3) is 0 Å². The van der Waals surface area contributed by atoms with Crippen molar-refractivity contribution in [3.05, 3.63) is 35.8 Å². The fourth-order valence-electron chi connectivity index (χ4n) is 1.91.